The Balaban J connectivity index is 1.89. The summed E-state index contributed by atoms with van der Waals surface area (Å²) in [6.45, 7) is -0.0432. The number of hydrogen-bond acceptors (Lipinski definition) is 5. The van der Waals surface area contributed by atoms with E-state index in [9.17, 15) is 16.8 Å². The molecule has 27 heavy (non-hydrogen) atoms. The zero-order valence-corrected chi connectivity index (χ0v) is 17.4. The molecule has 0 saturated carbocycles. The first-order chi connectivity index (χ1) is 12.7. The zero-order valence-electron chi connectivity index (χ0n) is 14.3. The van der Waals surface area contributed by atoms with Crippen molar-refractivity contribution in [1.29, 1.82) is 0 Å². The number of nitrogens with zero attached hydrogens (tertiary/aromatic N) is 1. The quantitative estimate of drug-likeness (QED) is 0.699. The number of methoxy groups -OCH3 is 1. The standard InChI is InChI=1S/C17H17Cl2NO5S2/c1-25-16-7-4-13(19)10-17(16)27(23,24)20-9-8-15(11-20)26(21,22)14-5-2-12(18)3-6-14/h2-7,10,15H,8-9,11H2,1H3. The lowest BCUT2D eigenvalue weighted by Gasteiger charge is -2.18. The summed E-state index contributed by atoms with van der Waals surface area (Å²) in [5.74, 6) is 0.156. The summed E-state index contributed by atoms with van der Waals surface area (Å²) in [5, 5.41) is -0.157. The van der Waals surface area contributed by atoms with Crippen LogP contribution in [0.3, 0.4) is 0 Å². The average Bonchev–Trinajstić information content (AvgIpc) is 3.14. The molecule has 3 rings (SSSR count). The van der Waals surface area contributed by atoms with Crippen LogP contribution in [0, 0.1) is 0 Å². The van der Waals surface area contributed by atoms with Crippen molar-refractivity contribution in [1.82, 2.24) is 4.31 Å². The molecule has 1 heterocycles. The van der Waals surface area contributed by atoms with E-state index in [-0.39, 0.29) is 40.1 Å². The first-order valence-corrected chi connectivity index (χ1v) is 11.7. The van der Waals surface area contributed by atoms with Crippen LogP contribution in [0.2, 0.25) is 10.0 Å². The number of sulfonamides is 1. The summed E-state index contributed by atoms with van der Waals surface area (Å²) in [4.78, 5) is 0.0403. The zero-order chi connectivity index (χ0) is 19.8. The van der Waals surface area contributed by atoms with Crippen LogP contribution in [-0.2, 0) is 19.9 Å². The van der Waals surface area contributed by atoms with E-state index in [1.165, 1.54) is 49.6 Å². The smallest absolute Gasteiger partial charge is 0.246 e. The van der Waals surface area contributed by atoms with E-state index >= 15 is 0 Å². The Morgan fingerprint density at radius 1 is 1.00 bits per heavy atom. The second-order valence-electron chi connectivity index (χ2n) is 6.07. The van der Waals surface area contributed by atoms with Crippen LogP contribution in [0.25, 0.3) is 0 Å². The Kier molecular flexibility index (Phi) is 5.74. The normalized spacial score (nSPS) is 18.6. The van der Waals surface area contributed by atoms with Gasteiger partial charge in [0.05, 0.1) is 17.3 Å². The van der Waals surface area contributed by atoms with Gasteiger partial charge in [0.15, 0.2) is 9.84 Å². The van der Waals surface area contributed by atoms with Crippen LogP contribution >= 0.6 is 23.2 Å². The van der Waals surface area contributed by atoms with Crippen molar-refractivity contribution in [2.75, 3.05) is 20.2 Å². The lowest BCUT2D eigenvalue weighted by Crippen LogP contribution is -2.32. The second-order valence-corrected chi connectivity index (χ2v) is 11.1. The molecule has 0 bridgehead atoms. The molecular formula is C17H17Cl2NO5S2. The van der Waals surface area contributed by atoms with E-state index in [2.05, 4.69) is 0 Å². The van der Waals surface area contributed by atoms with E-state index in [0.29, 0.717) is 5.02 Å². The monoisotopic (exact) mass is 449 g/mol. The van der Waals surface area contributed by atoms with Crippen molar-refractivity contribution < 1.29 is 21.6 Å². The number of hydrogen-bond donors (Lipinski definition) is 0. The van der Waals surface area contributed by atoms with Crippen molar-refractivity contribution >= 4 is 43.1 Å². The predicted molar refractivity (Wildman–Crippen MR) is 104 cm³/mol. The summed E-state index contributed by atoms with van der Waals surface area (Å²) in [7, 11) is -6.26. The van der Waals surface area contributed by atoms with Crippen LogP contribution in [0.5, 0.6) is 5.75 Å². The van der Waals surface area contributed by atoms with E-state index in [4.69, 9.17) is 27.9 Å². The molecule has 0 amide bonds. The van der Waals surface area contributed by atoms with Crippen molar-refractivity contribution in [3.8, 4) is 5.75 Å². The van der Waals surface area contributed by atoms with Gasteiger partial charge >= 0.3 is 0 Å². The highest BCUT2D eigenvalue weighted by atomic mass is 35.5. The molecule has 1 fully saturated rings. The van der Waals surface area contributed by atoms with E-state index in [1.54, 1.807) is 0 Å². The highest BCUT2D eigenvalue weighted by Gasteiger charge is 2.40. The fourth-order valence-corrected chi connectivity index (χ4v) is 6.81. The summed E-state index contributed by atoms with van der Waals surface area (Å²) in [6.07, 6.45) is 0.201. The highest BCUT2D eigenvalue weighted by Crippen LogP contribution is 2.33. The third-order valence-electron chi connectivity index (χ3n) is 4.43. The molecule has 1 aliphatic heterocycles. The van der Waals surface area contributed by atoms with Crippen LogP contribution in [0.4, 0.5) is 0 Å². The lowest BCUT2D eigenvalue weighted by molar-refractivity contribution is 0.398. The molecule has 1 saturated heterocycles. The summed E-state index contributed by atoms with van der Waals surface area (Å²) in [5.41, 5.74) is 0. The maximum Gasteiger partial charge on any atom is 0.246 e. The molecule has 1 atom stereocenters. The number of halogens is 2. The molecule has 2 aromatic carbocycles. The molecule has 0 radical (unpaired) electrons. The lowest BCUT2D eigenvalue weighted by atomic mass is 10.3. The molecule has 0 spiro atoms. The molecule has 0 aliphatic carbocycles. The maximum absolute atomic E-state index is 13.0. The minimum atomic E-state index is -3.95. The van der Waals surface area contributed by atoms with Gasteiger partial charge in [0.1, 0.15) is 10.6 Å². The Hall–Kier alpha value is -1.32. The molecule has 146 valence electrons. The summed E-state index contributed by atoms with van der Waals surface area (Å²) in [6, 6.07) is 10.1. The number of sulfone groups is 1. The van der Waals surface area contributed by atoms with Crippen molar-refractivity contribution in [3.05, 3.63) is 52.5 Å². The predicted octanol–water partition coefficient (Wildman–Crippen LogP) is 3.24. The highest BCUT2D eigenvalue weighted by molar-refractivity contribution is 7.92. The van der Waals surface area contributed by atoms with E-state index < -0.39 is 25.1 Å². The molecule has 6 nitrogen and oxygen atoms in total. The average molecular weight is 450 g/mol. The van der Waals surface area contributed by atoms with Crippen molar-refractivity contribution in [3.63, 3.8) is 0 Å². The minimum absolute atomic E-state index is 0.0814. The van der Waals surface area contributed by atoms with Crippen LogP contribution in [0.1, 0.15) is 6.42 Å². The number of rotatable bonds is 5. The van der Waals surface area contributed by atoms with Gasteiger partial charge in [0.2, 0.25) is 10.0 Å². The van der Waals surface area contributed by atoms with Gasteiger partial charge < -0.3 is 4.74 Å². The van der Waals surface area contributed by atoms with Crippen LogP contribution < -0.4 is 4.74 Å². The van der Waals surface area contributed by atoms with Gasteiger partial charge in [0.25, 0.3) is 0 Å². The first kappa shape index (κ1) is 20.4. The topological polar surface area (TPSA) is 80.8 Å². The van der Waals surface area contributed by atoms with Crippen molar-refractivity contribution in [2.24, 2.45) is 0 Å². The molecule has 0 aromatic heterocycles. The van der Waals surface area contributed by atoms with Crippen LogP contribution in [0.15, 0.2) is 52.3 Å². The van der Waals surface area contributed by atoms with Gasteiger partial charge in [-0.1, -0.05) is 23.2 Å². The SMILES string of the molecule is COc1ccc(Cl)cc1S(=O)(=O)N1CCC(S(=O)(=O)c2ccc(Cl)cc2)C1. The third kappa shape index (κ3) is 3.95. The number of ether oxygens (including phenoxy) is 1. The maximum atomic E-state index is 13.0. The van der Waals surface area contributed by atoms with E-state index in [0.717, 1.165) is 4.31 Å². The van der Waals surface area contributed by atoms with E-state index in [1.807, 2.05) is 0 Å². The molecule has 10 heteroatoms. The Bertz CT molecular complexity index is 1050. The minimum Gasteiger partial charge on any atom is -0.495 e. The molecule has 1 aliphatic rings. The van der Waals surface area contributed by atoms with Gasteiger partial charge in [-0.2, -0.15) is 4.31 Å². The van der Waals surface area contributed by atoms with Gasteiger partial charge in [-0.05, 0) is 48.9 Å². The Morgan fingerprint density at radius 2 is 1.63 bits per heavy atom. The fourth-order valence-electron chi connectivity index (χ4n) is 2.98. The summed E-state index contributed by atoms with van der Waals surface area (Å²) < 4.78 is 57.9. The van der Waals surface area contributed by atoms with Crippen LogP contribution in [-0.4, -0.2) is 46.6 Å². The molecule has 1 unspecified atom stereocenters. The molecule has 0 N–H and O–H groups in total. The largest absolute Gasteiger partial charge is 0.495 e. The van der Waals surface area contributed by atoms with Gasteiger partial charge in [-0.15, -0.1) is 0 Å². The first-order valence-electron chi connectivity index (χ1n) is 7.99. The Labute approximate surface area is 168 Å². The van der Waals surface area contributed by atoms with Gasteiger partial charge in [-0.3, -0.25) is 0 Å². The summed E-state index contributed by atoms with van der Waals surface area (Å²) >= 11 is 11.7. The van der Waals surface area contributed by atoms with Gasteiger partial charge in [-0.25, -0.2) is 16.8 Å². The fraction of sp³-hybridized carbons (Fsp3) is 0.294. The molecule has 2 aromatic rings. The third-order valence-corrected chi connectivity index (χ3v) is 9.00. The van der Waals surface area contributed by atoms with Crippen molar-refractivity contribution in [2.45, 2.75) is 21.5 Å². The van der Waals surface area contributed by atoms with Gasteiger partial charge in [0, 0.05) is 23.1 Å². The Morgan fingerprint density at radius 3 is 2.26 bits per heavy atom. The second kappa shape index (κ2) is 7.60. The molecular weight excluding hydrogens is 433 g/mol. The number of benzene rings is 2.